The molecule has 2 aromatic heterocycles. The van der Waals surface area contributed by atoms with Crippen LogP contribution in [-0.4, -0.2) is 84.8 Å². The van der Waals surface area contributed by atoms with E-state index in [1.54, 1.807) is 24.4 Å². The summed E-state index contributed by atoms with van der Waals surface area (Å²) >= 11 is 0. The monoisotopic (exact) mass is 590 g/mol. The van der Waals surface area contributed by atoms with Gasteiger partial charge >= 0.3 is 0 Å². The van der Waals surface area contributed by atoms with Crippen molar-refractivity contribution in [2.75, 3.05) is 45.6 Å². The van der Waals surface area contributed by atoms with Crippen molar-refractivity contribution in [1.82, 2.24) is 19.8 Å². The number of carbonyl (C=O) groups is 1. The second kappa shape index (κ2) is 12.8. The molecule has 0 unspecified atom stereocenters. The molecule has 0 bridgehead atoms. The van der Waals surface area contributed by atoms with Gasteiger partial charge in [-0.3, -0.25) is 19.5 Å². The zero-order valence-electron chi connectivity index (χ0n) is 23.5. The number of nitrogens with zero attached hydrogens (tertiary/aromatic N) is 3. The second-order valence-electron chi connectivity index (χ2n) is 10.5. The molecule has 3 heterocycles. The number of fused-ring (bicyclic) bond motifs is 1. The van der Waals surface area contributed by atoms with E-state index in [1.807, 2.05) is 30.3 Å². The molecular weight excluding hydrogens is 556 g/mol. The Balaban J connectivity index is 1.41. The van der Waals surface area contributed by atoms with Crippen molar-refractivity contribution in [3.8, 4) is 5.75 Å². The van der Waals surface area contributed by atoms with Crippen LogP contribution in [0.4, 0.5) is 0 Å². The fraction of sp³-hybridized carbons (Fsp3) is 0.323. The van der Waals surface area contributed by atoms with E-state index in [9.17, 15) is 23.1 Å². The van der Waals surface area contributed by atoms with Crippen molar-refractivity contribution < 1.29 is 23.1 Å². The molecule has 2 N–H and O–H groups in total. The van der Waals surface area contributed by atoms with Crippen molar-refractivity contribution in [1.29, 1.82) is 0 Å². The predicted molar refractivity (Wildman–Crippen MR) is 159 cm³/mol. The zero-order valence-corrected chi connectivity index (χ0v) is 24.3. The Hall–Kier alpha value is -4.06. The van der Waals surface area contributed by atoms with Crippen molar-refractivity contribution in [3.63, 3.8) is 0 Å². The van der Waals surface area contributed by atoms with Crippen LogP contribution in [0.2, 0.25) is 0 Å². The molecule has 10 nitrogen and oxygen atoms in total. The van der Waals surface area contributed by atoms with Gasteiger partial charge in [0.15, 0.2) is 15.6 Å². The van der Waals surface area contributed by atoms with Crippen molar-refractivity contribution >= 4 is 26.8 Å². The van der Waals surface area contributed by atoms with Crippen molar-refractivity contribution in [3.05, 3.63) is 99.5 Å². The van der Waals surface area contributed by atoms with E-state index in [1.165, 1.54) is 17.0 Å². The predicted octanol–water partition coefficient (Wildman–Crippen LogP) is 2.99. The number of amides is 1. The highest BCUT2D eigenvalue weighted by molar-refractivity contribution is 7.90. The van der Waals surface area contributed by atoms with E-state index >= 15 is 0 Å². The Morgan fingerprint density at radius 3 is 2.45 bits per heavy atom. The summed E-state index contributed by atoms with van der Waals surface area (Å²) in [6.45, 7) is 4.14. The van der Waals surface area contributed by atoms with Gasteiger partial charge in [-0.1, -0.05) is 42.5 Å². The summed E-state index contributed by atoms with van der Waals surface area (Å²) in [6.07, 6.45) is 4.00. The van der Waals surface area contributed by atoms with Gasteiger partial charge in [0.25, 0.3) is 11.5 Å². The minimum absolute atomic E-state index is 0.131. The molecule has 1 fully saturated rings. The first kappa shape index (κ1) is 29.4. The summed E-state index contributed by atoms with van der Waals surface area (Å²) in [6, 6.07) is 17.9. The first-order valence-corrected chi connectivity index (χ1v) is 15.7. The number of sulfone groups is 1. The van der Waals surface area contributed by atoms with Gasteiger partial charge < -0.3 is 19.7 Å². The number of H-pyrrole nitrogens is 1. The third-order valence-corrected chi connectivity index (χ3v) is 8.49. The van der Waals surface area contributed by atoms with Crippen LogP contribution in [0.15, 0.2) is 76.6 Å². The molecule has 1 amide bonds. The maximum absolute atomic E-state index is 13.8. The average molecular weight is 591 g/mol. The highest BCUT2D eigenvalue weighted by Gasteiger charge is 2.26. The van der Waals surface area contributed by atoms with Crippen LogP contribution in [0.5, 0.6) is 5.75 Å². The smallest absolute Gasteiger partial charge is 0.265 e. The summed E-state index contributed by atoms with van der Waals surface area (Å²) in [4.78, 5) is 38.1. The van der Waals surface area contributed by atoms with Crippen molar-refractivity contribution in [2.45, 2.75) is 24.3 Å². The SMILES string of the molecule is CS(=O)(=O)c1ccc(CN(CCCN2CCOCC2)C(=O)c2c(O)c3ncc(Cc4ccccc4)cc3[nH]c2=O)cc1. The standard InChI is InChI=1S/C31H34N4O6S/c1-42(39,40)25-10-8-23(9-11-25)21-35(13-5-12-34-14-16-41-17-15-34)31(38)27-29(36)28-26(33-30(27)37)19-24(20-32-28)18-22-6-3-2-4-7-22/h2-4,6-11,19-20H,5,12-18,21H2,1H3,(H2,33,36,37). The van der Waals surface area contributed by atoms with Gasteiger partial charge in [-0.25, -0.2) is 8.42 Å². The lowest BCUT2D eigenvalue weighted by atomic mass is 10.1. The molecule has 220 valence electrons. The van der Waals surface area contributed by atoms with Gasteiger partial charge in [-0.05, 0) is 47.7 Å². The number of aromatic hydroxyl groups is 1. The number of hydrogen-bond acceptors (Lipinski definition) is 8. The van der Waals surface area contributed by atoms with E-state index in [0.717, 1.165) is 37.0 Å². The Bertz CT molecular complexity index is 1720. The van der Waals surface area contributed by atoms with Crippen LogP contribution < -0.4 is 5.56 Å². The summed E-state index contributed by atoms with van der Waals surface area (Å²) in [5, 5.41) is 11.1. The molecule has 42 heavy (non-hydrogen) atoms. The maximum atomic E-state index is 13.8. The quantitative estimate of drug-likeness (QED) is 0.288. The Kier molecular flexibility index (Phi) is 9.00. The first-order chi connectivity index (χ1) is 20.2. The van der Waals surface area contributed by atoms with Gasteiger partial charge in [0.05, 0.1) is 23.6 Å². The number of benzene rings is 2. The zero-order chi connectivity index (χ0) is 29.7. The number of nitrogens with one attached hydrogen (secondary N) is 1. The molecule has 4 aromatic rings. The molecule has 0 saturated carbocycles. The van der Waals surface area contributed by atoms with E-state index < -0.39 is 27.1 Å². The molecule has 2 aromatic carbocycles. The number of carbonyl (C=O) groups excluding carboxylic acids is 1. The minimum Gasteiger partial charge on any atom is -0.505 e. The Morgan fingerprint density at radius 2 is 1.76 bits per heavy atom. The topological polar surface area (TPSA) is 133 Å². The lowest BCUT2D eigenvalue weighted by Crippen LogP contribution is -2.39. The molecule has 0 aliphatic carbocycles. The second-order valence-corrected chi connectivity index (χ2v) is 12.5. The minimum atomic E-state index is -3.37. The van der Waals surface area contributed by atoms with E-state index in [-0.39, 0.29) is 22.5 Å². The number of rotatable bonds is 10. The normalized spacial score (nSPS) is 14.2. The van der Waals surface area contributed by atoms with E-state index in [0.29, 0.717) is 43.7 Å². The lowest BCUT2D eigenvalue weighted by molar-refractivity contribution is 0.0355. The first-order valence-electron chi connectivity index (χ1n) is 13.9. The van der Waals surface area contributed by atoms with Crippen LogP contribution in [-0.2, 0) is 27.5 Å². The third kappa shape index (κ3) is 7.04. The fourth-order valence-electron chi connectivity index (χ4n) is 5.11. The summed E-state index contributed by atoms with van der Waals surface area (Å²) in [5.74, 6) is -1.09. The maximum Gasteiger partial charge on any atom is 0.265 e. The number of aromatic nitrogens is 2. The molecular formula is C31H34N4O6S. The summed E-state index contributed by atoms with van der Waals surface area (Å²) in [7, 11) is -3.37. The fourth-order valence-corrected chi connectivity index (χ4v) is 5.74. The molecule has 1 aliphatic heterocycles. The van der Waals surface area contributed by atoms with Gasteiger partial charge in [-0.2, -0.15) is 0 Å². The van der Waals surface area contributed by atoms with Crippen LogP contribution in [0, 0.1) is 0 Å². The molecule has 0 spiro atoms. The molecule has 5 rings (SSSR count). The highest BCUT2D eigenvalue weighted by Crippen LogP contribution is 2.26. The highest BCUT2D eigenvalue weighted by atomic mass is 32.2. The van der Waals surface area contributed by atoms with Crippen LogP contribution in [0.1, 0.15) is 33.5 Å². The molecule has 1 saturated heterocycles. The number of aromatic amines is 1. The molecule has 1 aliphatic rings. The average Bonchev–Trinajstić information content (AvgIpc) is 2.97. The van der Waals surface area contributed by atoms with Crippen LogP contribution in [0.25, 0.3) is 11.0 Å². The largest absolute Gasteiger partial charge is 0.505 e. The number of morpholine rings is 1. The van der Waals surface area contributed by atoms with E-state index in [4.69, 9.17) is 4.74 Å². The summed E-state index contributed by atoms with van der Waals surface area (Å²) in [5.41, 5.74) is 2.04. The third-order valence-electron chi connectivity index (χ3n) is 7.36. The number of pyridine rings is 2. The van der Waals surface area contributed by atoms with Gasteiger partial charge in [-0.15, -0.1) is 0 Å². The Morgan fingerprint density at radius 1 is 1.05 bits per heavy atom. The summed E-state index contributed by atoms with van der Waals surface area (Å²) < 4.78 is 29.2. The van der Waals surface area contributed by atoms with E-state index in [2.05, 4.69) is 14.9 Å². The van der Waals surface area contributed by atoms with Crippen LogP contribution >= 0.6 is 0 Å². The van der Waals surface area contributed by atoms with Crippen molar-refractivity contribution in [2.24, 2.45) is 0 Å². The molecule has 0 radical (unpaired) electrons. The van der Waals surface area contributed by atoms with Gasteiger partial charge in [0.2, 0.25) is 0 Å². The lowest BCUT2D eigenvalue weighted by Gasteiger charge is -2.28. The number of ether oxygens (including phenoxy) is 1. The molecule has 0 atom stereocenters. The van der Waals surface area contributed by atoms with Gasteiger partial charge in [0.1, 0.15) is 11.1 Å². The van der Waals surface area contributed by atoms with Crippen LogP contribution in [0.3, 0.4) is 0 Å². The molecule has 11 heteroatoms. The number of hydrogen-bond donors (Lipinski definition) is 2. The Labute approximate surface area is 244 Å². The van der Waals surface area contributed by atoms with Gasteiger partial charge in [0, 0.05) is 45.2 Å².